The minimum absolute atomic E-state index is 0.0134. The van der Waals surface area contributed by atoms with Crippen LogP contribution in [0.5, 0.6) is 0 Å². The van der Waals surface area contributed by atoms with Gasteiger partial charge in [-0.15, -0.1) is 0 Å². The fourth-order valence-corrected chi connectivity index (χ4v) is 1.95. The van der Waals surface area contributed by atoms with E-state index in [1.165, 1.54) is 0 Å². The smallest absolute Gasteiger partial charge is 0.387 e. The SMILES string of the molecule is CC1CCCCC1(O)COCC(F)(F)F. The summed E-state index contributed by atoms with van der Waals surface area (Å²) in [7, 11) is 0. The van der Waals surface area contributed by atoms with E-state index in [2.05, 4.69) is 4.74 Å². The Hall–Kier alpha value is -0.290. The van der Waals surface area contributed by atoms with Crippen LogP contribution in [-0.4, -0.2) is 30.1 Å². The van der Waals surface area contributed by atoms with Crippen LogP contribution in [-0.2, 0) is 4.74 Å². The zero-order valence-electron chi connectivity index (χ0n) is 8.81. The van der Waals surface area contributed by atoms with E-state index in [1.807, 2.05) is 6.92 Å². The van der Waals surface area contributed by atoms with E-state index in [0.29, 0.717) is 6.42 Å². The van der Waals surface area contributed by atoms with Gasteiger partial charge in [0.25, 0.3) is 0 Å². The minimum Gasteiger partial charge on any atom is -0.387 e. The van der Waals surface area contributed by atoms with Crippen LogP contribution < -0.4 is 0 Å². The zero-order chi connectivity index (χ0) is 11.5. The Morgan fingerprint density at radius 3 is 2.60 bits per heavy atom. The molecule has 1 rings (SSSR count). The van der Waals surface area contributed by atoms with E-state index < -0.39 is 18.4 Å². The van der Waals surface area contributed by atoms with Gasteiger partial charge in [-0.3, -0.25) is 0 Å². The third-order valence-corrected chi connectivity index (χ3v) is 3.03. The lowest BCUT2D eigenvalue weighted by molar-refractivity contribution is -0.194. The van der Waals surface area contributed by atoms with Crippen LogP contribution in [0.1, 0.15) is 32.6 Å². The topological polar surface area (TPSA) is 29.5 Å². The number of ether oxygens (including phenoxy) is 1. The summed E-state index contributed by atoms with van der Waals surface area (Å²) in [6.45, 7) is 0.367. The summed E-state index contributed by atoms with van der Waals surface area (Å²) >= 11 is 0. The van der Waals surface area contributed by atoms with E-state index in [4.69, 9.17) is 0 Å². The zero-order valence-corrected chi connectivity index (χ0v) is 8.81. The number of rotatable bonds is 3. The van der Waals surface area contributed by atoms with E-state index in [0.717, 1.165) is 19.3 Å². The molecule has 1 saturated carbocycles. The van der Waals surface area contributed by atoms with Crippen molar-refractivity contribution in [2.75, 3.05) is 13.2 Å². The Kier molecular flexibility index (Phi) is 4.00. The first-order valence-corrected chi connectivity index (χ1v) is 5.20. The monoisotopic (exact) mass is 226 g/mol. The van der Waals surface area contributed by atoms with Gasteiger partial charge < -0.3 is 9.84 Å². The quantitative estimate of drug-likeness (QED) is 0.801. The molecule has 0 amide bonds. The molecule has 0 saturated heterocycles. The molecule has 0 spiro atoms. The summed E-state index contributed by atoms with van der Waals surface area (Å²) in [5.41, 5.74) is -1.07. The van der Waals surface area contributed by atoms with Gasteiger partial charge in [0.2, 0.25) is 0 Å². The Morgan fingerprint density at radius 2 is 2.07 bits per heavy atom. The molecule has 0 aromatic carbocycles. The lowest BCUT2D eigenvalue weighted by Crippen LogP contribution is -2.44. The fourth-order valence-electron chi connectivity index (χ4n) is 1.95. The van der Waals surface area contributed by atoms with E-state index in [9.17, 15) is 18.3 Å². The Morgan fingerprint density at radius 1 is 1.40 bits per heavy atom. The molecule has 90 valence electrons. The molecule has 2 nitrogen and oxygen atoms in total. The Labute approximate surface area is 87.4 Å². The Bertz CT molecular complexity index is 205. The van der Waals surface area contributed by atoms with Crippen LogP contribution in [0.25, 0.3) is 0 Å². The van der Waals surface area contributed by atoms with Crippen molar-refractivity contribution in [3.05, 3.63) is 0 Å². The highest BCUT2D eigenvalue weighted by Crippen LogP contribution is 2.33. The third-order valence-electron chi connectivity index (χ3n) is 3.03. The molecular formula is C10H17F3O2. The molecule has 2 unspecified atom stereocenters. The van der Waals surface area contributed by atoms with E-state index in [-0.39, 0.29) is 12.5 Å². The van der Waals surface area contributed by atoms with E-state index >= 15 is 0 Å². The normalized spacial score (nSPS) is 33.0. The molecule has 1 N–H and O–H groups in total. The van der Waals surface area contributed by atoms with Crippen molar-refractivity contribution >= 4 is 0 Å². The van der Waals surface area contributed by atoms with E-state index in [1.54, 1.807) is 0 Å². The average molecular weight is 226 g/mol. The van der Waals surface area contributed by atoms with Gasteiger partial charge in [0.1, 0.15) is 6.61 Å². The fraction of sp³-hybridized carbons (Fsp3) is 1.00. The Balaban J connectivity index is 2.35. The average Bonchev–Trinajstić information content (AvgIpc) is 2.08. The number of halogens is 3. The first-order chi connectivity index (χ1) is 6.83. The molecule has 0 aliphatic heterocycles. The summed E-state index contributed by atoms with van der Waals surface area (Å²) in [5.74, 6) is 0.0134. The van der Waals surface area contributed by atoms with Crippen molar-refractivity contribution < 1.29 is 23.0 Å². The second-order valence-electron chi connectivity index (χ2n) is 4.36. The predicted molar refractivity (Wildman–Crippen MR) is 49.5 cm³/mol. The lowest BCUT2D eigenvalue weighted by atomic mass is 9.77. The van der Waals surface area contributed by atoms with Crippen molar-refractivity contribution in [3.63, 3.8) is 0 Å². The second-order valence-corrected chi connectivity index (χ2v) is 4.36. The predicted octanol–water partition coefficient (Wildman–Crippen LogP) is 2.51. The highest BCUT2D eigenvalue weighted by molar-refractivity contribution is 4.87. The van der Waals surface area contributed by atoms with Gasteiger partial charge in [-0.25, -0.2) is 0 Å². The largest absolute Gasteiger partial charge is 0.411 e. The van der Waals surface area contributed by atoms with Gasteiger partial charge >= 0.3 is 6.18 Å². The molecule has 0 aromatic heterocycles. The molecule has 0 bridgehead atoms. The third kappa shape index (κ3) is 3.99. The van der Waals surface area contributed by atoms with Crippen LogP contribution in [0, 0.1) is 5.92 Å². The van der Waals surface area contributed by atoms with Crippen LogP contribution in [0.4, 0.5) is 13.2 Å². The summed E-state index contributed by atoms with van der Waals surface area (Å²) in [4.78, 5) is 0. The van der Waals surface area contributed by atoms with Crippen LogP contribution in [0.15, 0.2) is 0 Å². The van der Waals surface area contributed by atoms with Crippen molar-refractivity contribution in [1.29, 1.82) is 0 Å². The second kappa shape index (κ2) is 4.70. The summed E-state index contributed by atoms with van der Waals surface area (Å²) < 4.78 is 40.0. The maximum absolute atomic E-state index is 11.8. The summed E-state index contributed by atoms with van der Waals surface area (Å²) in [5, 5.41) is 10.0. The van der Waals surface area contributed by atoms with Gasteiger partial charge in [0.05, 0.1) is 12.2 Å². The van der Waals surface area contributed by atoms with Crippen molar-refractivity contribution in [2.45, 2.75) is 44.4 Å². The van der Waals surface area contributed by atoms with Gasteiger partial charge in [-0.05, 0) is 18.8 Å². The maximum atomic E-state index is 11.8. The molecule has 1 fully saturated rings. The van der Waals surface area contributed by atoms with Gasteiger partial charge in [0.15, 0.2) is 0 Å². The van der Waals surface area contributed by atoms with Gasteiger partial charge in [0, 0.05) is 0 Å². The molecule has 0 radical (unpaired) electrons. The highest BCUT2D eigenvalue weighted by Gasteiger charge is 2.37. The number of hydrogen-bond acceptors (Lipinski definition) is 2. The van der Waals surface area contributed by atoms with Crippen molar-refractivity contribution in [1.82, 2.24) is 0 Å². The number of alkyl halides is 3. The molecule has 15 heavy (non-hydrogen) atoms. The molecule has 0 heterocycles. The number of hydrogen-bond donors (Lipinski definition) is 1. The number of aliphatic hydroxyl groups is 1. The molecule has 2 atom stereocenters. The molecule has 1 aliphatic rings. The highest BCUT2D eigenvalue weighted by atomic mass is 19.4. The first kappa shape index (κ1) is 12.8. The molecular weight excluding hydrogens is 209 g/mol. The van der Waals surface area contributed by atoms with Crippen molar-refractivity contribution in [2.24, 2.45) is 5.92 Å². The van der Waals surface area contributed by atoms with Gasteiger partial charge in [-0.2, -0.15) is 13.2 Å². The maximum Gasteiger partial charge on any atom is 0.411 e. The molecule has 5 heteroatoms. The molecule has 0 aromatic rings. The van der Waals surface area contributed by atoms with Crippen molar-refractivity contribution in [3.8, 4) is 0 Å². The first-order valence-electron chi connectivity index (χ1n) is 5.20. The minimum atomic E-state index is -4.31. The standard InChI is InChI=1S/C10H17F3O2/c1-8-4-2-3-5-9(8,14)6-15-7-10(11,12)13/h8,14H,2-7H2,1H3. The summed E-state index contributed by atoms with van der Waals surface area (Å²) in [6, 6.07) is 0. The lowest BCUT2D eigenvalue weighted by Gasteiger charge is -2.37. The van der Waals surface area contributed by atoms with Crippen LogP contribution >= 0.6 is 0 Å². The molecule has 1 aliphatic carbocycles. The van der Waals surface area contributed by atoms with Gasteiger partial charge in [-0.1, -0.05) is 19.8 Å². The van der Waals surface area contributed by atoms with Crippen LogP contribution in [0.3, 0.4) is 0 Å². The van der Waals surface area contributed by atoms with Crippen LogP contribution in [0.2, 0.25) is 0 Å². The summed E-state index contributed by atoms with van der Waals surface area (Å²) in [6.07, 6.45) is -1.04.